The smallest absolute Gasteiger partial charge is 0.244 e. The lowest BCUT2D eigenvalue weighted by Gasteiger charge is -2.27. The Morgan fingerprint density at radius 1 is 1.29 bits per heavy atom. The average Bonchev–Trinajstić information content (AvgIpc) is 2.97. The van der Waals surface area contributed by atoms with Crippen LogP contribution in [0.15, 0.2) is 40.6 Å². The topological polar surface area (TPSA) is 87.7 Å². The van der Waals surface area contributed by atoms with Gasteiger partial charge in [0.05, 0.1) is 11.5 Å². The van der Waals surface area contributed by atoms with Crippen LogP contribution in [0.2, 0.25) is 0 Å². The first-order valence-corrected chi connectivity index (χ1v) is 8.89. The fourth-order valence-corrected chi connectivity index (χ4v) is 3.35. The summed E-state index contributed by atoms with van der Waals surface area (Å²) in [6.07, 6.45) is 2.04. The van der Waals surface area contributed by atoms with Crippen molar-refractivity contribution in [3.8, 4) is 11.9 Å². The van der Waals surface area contributed by atoms with Gasteiger partial charge in [0.1, 0.15) is 11.6 Å². The Labute approximate surface area is 145 Å². The predicted octanol–water partition coefficient (Wildman–Crippen LogP) is 3.65. The van der Waals surface area contributed by atoms with Crippen molar-refractivity contribution in [3.63, 3.8) is 0 Å². The highest BCUT2D eigenvalue weighted by molar-refractivity contribution is 7.98. The molecule has 0 aliphatic carbocycles. The van der Waals surface area contributed by atoms with E-state index in [0.717, 1.165) is 16.8 Å². The number of nitriles is 1. The van der Waals surface area contributed by atoms with Crippen molar-refractivity contribution < 1.29 is 4.74 Å². The van der Waals surface area contributed by atoms with Gasteiger partial charge < -0.3 is 10.5 Å². The van der Waals surface area contributed by atoms with Crippen molar-refractivity contribution in [2.24, 2.45) is 5.73 Å². The van der Waals surface area contributed by atoms with Crippen LogP contribution in [-0.4, -0.2) is 16.5 Å². The minimum atomic E-state index is -0.275. The molecule has 1 unspecified atom stereocenters. The maximum atomic E-state index is 9.65. The molecule has 0 fully saturated rings. The maximum Gasteiger partial charge on any atom is 0.244 e. The van der Waals surface area contributed by atoms with Crippen LogP contribution < -0.4 is 10.5 Å². The first-order valence-electron chi connectivity index (χ1n) is 7.67. The van der Waals surface area contributed by atoms with E-state index < -0.39 is 0 Å². The van der Waals surface area contributed by atoms with E-state index in [-0.39, 0.29) is 17.2 Å². The maximum absolute atomic E-state index is 9.65. The Morgan fingerprint density at radius 3 is 2.50 bits per heavy atom. The molecule has 1 aliphatic rings. The Balaban J connectivity index is 2.22. The van der Waals surface area contributed by atoms with Crippen LogP contribution >= 0.6 is 11.8 Å². The van der Waals surface area contributed by atoms with Gasteiger partial charge in [-0.15, -0.1) is 16.9 Å². The number of hydrogen-bond acceptors (Lipinski definition) is 5. The van der Waals surface area contributed by atoms with Crippen molar-refractivity contribution in [3.05, 3.63) is 52.5 Å². The van der Waals surface area contributed by atoms with Gasteiger partial charge in [0.15, 0.2) is 0 Å². The van der Waals surface area contributed by atoms with Gasteiger partial charge in [-0.05, 0) is 24.0 Å². The minimum Gasteiger partial charge on any atom is -0.420 e. The zero-order valence-electron chi connectivity index (χ0n) is 14.2. The number of nitrogens with zero attached hydrogens (tertiary/aromatic N) is 2. The molecule has 1 aliphatic heterocycles. The van der Waals surface area contributed by atoms with Gasteiger partial charge in [0, 0.05) is 16.0 Å². The zero-order valence-corrected chi connectivity index (χ0v) is 15.0. The van der Waals surface area contributed by atoms with E-state index in [2.05, 4.69) is 49.2 Å². The number of rotatable bonds is 2. The van der Waals surface area contributed by atoms with E-state index in [4.69, 9.17) is 10.5 Å². The average molecular weight is 340 g/mol. The SMILES string of the molecule is CSc1ccc(C2C(C#N)=C(N)Oc3n[nH]c(C(C)(C)C)c32)cc1. The van der Waals surface area contributed by atoms with Gasteiger partial charge >= 0.3 is 0 Å². The second-order valence-corrected chi connectivity index (χ2v) is 7.65. The summed E-state index contributed by atoms with van der Waals surface area (Å²) in [5.41, 5.74) is 9.10. The van der Waals surface area contributed by atoms with E-state index in [9.17, 15) is 5.26 Å². The number of nitrogens with two attached hydrogens (primary N) is 1. The molecule has 0 bridgehead atoms. The summed E-state index contributed by atoms with van der Waals surface area (Å²) in [5.74, 6) is 0.300. The predicted molar refractivity (Wildman–Crippen MR) is 94.8 cm³/mol. The third-order valence-corrected chi connectivity index (χ3v) is 4.88. The molecular weight excluding hydrogens is 320 g/mol. The quantitative estimate of drug-likeness (QED) is 0.815. The molecule has 1 aromatic heterocycles. The summed E-state index contributed by atoms with van der Waals surface area (Å²) < 4.78 is 5.60. The van der Waals surface area contributed by atoms with Crippen LogP contribution in [0.3, 0.4) is 0 Å². The molecule has 3 rings (SSSR count). The molecule has 0 amide bonds. The summed E-state index contributed by atoms with van der Waals surface area (Å²) in [6, 6.07) is 10.4. The lowest BCUT2D eigenvalue weighted by molar-refractivity contribution is 0.378. The summed E-state index contributed by atoms with van der Waals surface area (Å²) >= 11 is 1.68. The molecule has 5 nitrogen and oxygen atoms in total. The standard InChI is InChI=1S/C18H20N4OS/c1-18(2,3)15-14-13(10-5-7-11(24-4)8-6-10)12(9-19)16(20)23-17(14)22-21-15/h5-8,13H,20H2,1-4H3,(H,21,22). The molecule has 2 aromatic rings. The Bertz CT molecular complexity index is 837. The van der Waals surface area contributed by atoms with Crippen LogP contribution in [0.1, 0.15) is 43.5 Å². The van der Waals surface area contributed by atoms with Crippen LogP contribution in [0.4, 0.5) is 0 Å². The van der Waals surface area contributed by atoms with Gasteiger partial charge in [-0.3, -0.25) is 5.10 Å². The van der Waals surface area contributed by atoms with Crippen LogP contribution in [0.5, 0.6) is 5.88 Å². The second kappa shape index (κ2) is 5.91. The molecule has 2 heterocycles. The third kappa shape index (κ3) is 2.65. The van der Waals surface area contributed by atoms with E-state index >= 15 is 0 Å². The number of fused-ring (bicyclic) bond motifs is 1. The molecule has 3 N–H and O–H groups in total. The number of H-pyrrole nitrogens is 1. The van der Waals surface area contributed by atoms with Crippen LogP contribution in [0, 0.1) is 11.3 Å². The fourth-order valence-electron chi connectivity index (χ4n) is 2.95. The summed E-state index contributed by atoms with van der Waals surface area (Å²) in [4.78, 5) is 1.17. The molecule has 6 heteroatoms. The Kier molecular flexibility index (Phi) is 4.06. The van der Waals surface area contributed by atoms with Crippen molar-refractivity contribution in [2.45, 2.75) is 37.0 Å². The van der Waals surface area contributed by atoms with Gasteiger partial charge in [-0.25, -0.2) is 0 Å². The highest BCUT2D eigenvalue weighted by atomic mass is 32.2. The Morgan fingerprint density at radius 2 is 1.96 bits per heavy atom. The largest absolute Gasteiger partial charge is 0.420 e. The minimum absolute atomic E-state index is 0.121. The van der Waals surface area contributed by atoms with Crippen molar-refractivity contribution in [2.75, 3.05) is 6.26 Å². The first-order chi connectivity index (χ1) is 11.4. The number of aromatic amines is 1. The highest BCUT2D eigenvalue weighted by Crippen LogP contribution is 2.45. The number of hydrogen-bond donors (Lipinski definition) is 2. The summed E-state index contributed by atoms with van der Waals surface area (Å²) in [5, 5.41) is 17.0. The van der Waals surface area contributed by atoms with Crippen molar-refractivity contribution >= 4 is 11.8 Å². The zero-order chi connectivity index (χ0) is 17.5. The van der Waals surface area contributed by atoms with Crippen molar-refractivity contribution in [1.82, 2.24) is 10.2 Å². The number of ether oxygens (including phenoxy) is 1. The molecule has 1 atom stereocenters. The summed E-state index contributed by atoms with van der Waals surface area (Å²) in [6.45, 7) is 6.30. The molecule has 0 saturated carbocycles. The lowest BCUT2D eigenvalue weighted by atomic mass is 9.79. The van der Waals surface area contributed by atoms with E-state index in [0.29, 0.717) is 11.5 Å². The highest BCUT2D eigenvalue weighted by Gasteiger charge is 2.37. The van der Waals surface area contributed by atoms with Gasteiger partial charge in [0.2, 0.25) is 11.8 Å². The van der Waals surface area contributed by atoms with E-state index in [1.807, 2.05) is 18.4 Å². The number of allylic oxidation sites excluding steroid dienone is 1. The van der Waals surface area contributed by atoms with E-state index in [1.165, 1.54) is 4.90 Å². The molecule has 24 heavy (non-hydrogen) atoms. The number of benzene rings is 1. The third-order valence-electron chi connectivity index (χ3n) is 4.14. The first kappa shape index (κ1) is 16.5. The van der Waals surface area contributed by atoms with E-state index in [1.54, 1.807) is 11.8 Å². The fraction of sp³-hybridized carbons (Fsp3) is 0.333. The molecule has 0 spiro atoms. The van der Waals surface area contributed by atoms with Crippen LogP contribution in [0.25, 0.3) is 0 Å². The van der Waals surface area contributed by atoms with Crippen LogP contribution in [-0.2, 0) is 5.41 Å². The van der Waals surface area contributed by atoms with Gasteiger partial charge in [-0.1, -0.05) is 32.9 Å². The molecule has 1 aromatic carbocycles. The summed E-state index contributed by atoms with van der Waals surface area (Å²) in [7, 11) is 0. The lowest BCUT2D eigenvalue weighted by Crippen LogP contribution is -2.23. The number of aromatic nitrogens is 2. The molecule has 124 valence electrons. The Hall–Kier alpha value is -2.39. The van der Waals surface area contributed by atoms with Crippen molar-refractivity contribution in [1.29, 1.82) is 5.26 Å². The van der Waals surface area contributed by atoms with Gasteiger partial charge in [-0.2, -0.15) is 5.26 Å². The molecular formula is C18H20N4OS. The number of thioether (sulfide) groups is 1. The normalized spacial score (nSPS) is 17.2. The van der Waals surface area contributed by atoms with Gasteiger partial charge in [0.25, 0.3) is 0 Å². The molecule has 0 radical (unpaired) electrons. The monoisotopic (exact) mass is 340 g/mol. The second-order valence-electron chi connectivity index (χ2n) is 6.77. The molecule has 0 saturated heterocycles. The number of nitrogens with one attached hydrogen (secondary N) is 1.